The van der Waals surface area contributed by atoms with Gasteiger partial charge in [0.15, 0.2) is 0 Å². The second-order valence-corrected chi connectivity index (χ2v) is 8.64. The fraction of sp³-hybridized carbons (Fsp3) is 0.478. The lowest BCUT2D eigenvalue weighted by Crippen LogP contribution is -2.44. The second kappa shape index (κ2) is 8.91. The minimum Gasteiger partial charge on any atom is -0.359 e. The minimum absolute atomic E-state index is 0.0355. The van der Waals surface area contributed by atoms with Crippen LogP contribution >= 0.6 is 11.3 Å². The molecule has 0 bridgehead atoms. The van der Waals surface area contributed by atoms with Gasteiger partial charge in [-0.15, -0.1) is 11.3 Å². The Morgan fingerprint density at radius 2 is 1.93 bits per heavy atom. The molecule has 0 spiro atoms. The number of carbonyl (C=O) groups excluding carboxylic acids is 2. The zero-order valence-corrected chi connectivity index (χ0v) is 17.8. The number of hydrogen-bond acceptors (Lipinski definition) is 3. The van der Waals surface area contributed by atoms with E-state index in [9.17, 15) is 9.59 Å². The summed E-state index contributed by atoms with van der Waals surface area (Å²) in [6.07, 6.45) is 3.05. The standard InChI is InChI=1S/C23H30N2O2S/c1-4-17(5-2)21(26)25-13-12-23(16-25,22(27)24-3)15-18-9-6-7-10-19(18)20-11-8-14-28-20/h6-11,14,17H,4-5,12-13,15-16H2,1-3H3,(H,24,27). The Balaban J connectivity index is 1.89. The molecule has 1 saturated heterocycles. The summed E-state index contributed by atoms with van der Waals surface area (Å²) in [4.78, 5) is 29.0. The SMILES string of the molecule is CCC(CC)C(=O)N1CCC(Cc2ccccc2-c2cccs2)(C(=O)NC)C1. The van der Waals surface area contributed by atoms with E-state index >= 15 is 0 Å². The van der Waals surface area contributed by atoms with Crippen molar-refractivity contribution < 1.29 is 9.59 Å². The van der Waals surface area contributed by atoms with Gasteiger partial charge in [0.05, 0.1) is 5.41 Å². The van der Waals surface area contributed by atoms with Gasteiger partial charge >= 0.3 is 0 Å². The van der Waals surface area contributed by atoms with Crippen molar-refractivity contribution in [3.8, 4) is 10.4 Å². The van der Waals surface area contributed by atoms with Crippen LogP contribution in [0.3, 0.4) is 0 Å². The fourth-order valence-electron chi connectivity index (χ4n) is 4.34. The summed E-state index contributed by atoms with van der Waals surface area (Å²) in [7, 11) is 1.70. The Hall–Kier alpha value is -2.14. The Labute approximate surface area is 172 Å². The molecule has 1 unspecified atom stereocenters. The molecule has 2 heterocycles. The lowest BCUT2D eigenvalue weighted by Gasteiger charge is -2.29. The first-order chi connectivity index (χ1) is 13.5. The molecule has 150 valence electrons. The fourth-order valence-corrected chi connectivity index (χ4v) is 5.13. The van der Waals surface area contributed by atoms with Crippen LogP contribution in [0, 0.1) is 11.3 Å². The van der Waals surface area contributed by atoms with Gasteiger partial charge < -0.3 is 10.2 Å². The van der Waals surface area contributed by atoms with E-state index < -0.39 is 5.41 Å². The van der Waals surface area contributed by atoms with Crippen LogP contribution in [0.1, 0.15) is 38.7 Å². The molecule has 1 N–H and O–H groups in total. The molecule has 0 aliphatic carbocycles. The van der Waals surface area contributed by atoms with Crippen molar-refractivity contribution in [2.45, 2.75) is 39.5 Å². The topological polar surface area (TPSA) is 49.4 Å². The molecule has 3 rings (SSSR count). The molecule has 1 aliphatic heterocycles. The predicted octanol–water partition coefficient (Wildman–Crippen LogP) is 4.36. The van der Waals surface area contributed by atoms with E-state index in [-0.39, 0.29) is 17.7 Å². The van der Waals surface area contributed by atoms with Gasteiger partial charge in [0.2, 0.25) is 11.8 Å². The van der Waals surface area contributed by atoms with Crippen LogP contribution in [0.5, 0.6) is 0 Å². The Morgan fingerprint density at radius 1 is 1.18 bits per heavy atom. The summed E-state index contributed by atoms with van der Waals surface area (Å²) in [5.74, 6) is 0.287. The largest absolute Gasteiger partial charge is 0.359 e. The normalized spacial score (nSPS) is 19.2. The molecule has 2 amide bonds. The molecule has 1 aliphatic rings. The van der Waals surface area contributed by atoms with Gasteiger partial charge in [-0.05, 0) is 48.3 Å². The number of nitrogens with one attached hydrogen (secondary N) is 1. The number of rotatable bonds is 7. The van der Waals surface area contributed by atoms with Crippen LogP contribution in [0.4, 0.5) is 0 Å². The number of benzene rings is 1. The third-order valence-corrected chi connectivity index (χ3v) is 6.95. The average Bonchev–Trinajstić information content (AvgIpc) is 3.39. The van der Waals surface area contributed by atoms with Gasteiger partial charge in [-0.25, -0.2) is 0 Å². The summed E-state index contributed by atoms with van der Waals surface area (Å²) in [6.45, 7) is 5.28. The van der Waals surface area contributed by atoms with E-state index in [1.165, 1.54) is 16.0 Å². The van der Waals surface area contributed by atoms with Gasteiger partial charge in [-0.2, -0.15) is 0 Å². The molecule has 0 radical (unpaired) electrons. The third kappa shape index (κ3) is 4.00. The molecule has 4 nitrogen and oxygen atoms in total. The first-order valence-electron chi connectivity index (χ1n) is 10.2. The van der Waals surface area contributed by atoms with E-state index in [2.05, 4.69) is 48.8 Å². The second-order valence-electron chi connectivity index (χ2n) is 7.69. The maximum Gasteiger partial charge on any atom is 0.228 e. The lowest BCUT2D eigenvalue weighted by molar-refractivity contribution is -0.136. The van der Waals surface area contributed by atoms with Crippen molar-refractivity contribution in [3.63, 3.8) is 0 Å². The van der Waals surface area contributed by atoms with E-state index in [0.717, 1.165) is 12.8 Å². The Morgan fingerprint density at radius 3 is 2.57 bits per heavy atom. The van der Waals surface area contributed by atoms with Crippen molar-refractivity contribution in [1.82, 2.24) is 10.2 Å². The van der Waals surface area contributed by atoms with Crippen molar-refractivity contribution in [2.75, 3.05) is 20.1 Å². The Bertz CT molecular complexity index is 814. The van der Waals surface area contributed by atoms with E-state index in [4.69, 9.17) is 0 Å². The molecule has 1 fully saturated rings. The van der Waals surface area contributed by atoms with Crippen molar-refractivity contribution in [1.29, 1.82) is 0 Å². The monoisotopic (exact) mass is 398 g/mol. The van der Waals surface area contributed by atoms with Crippen LogP contribution < -0.4 is 5.32 Å². The number of carbonyl (C=O) groups is 2. The first kappa shape index (κ1) is 20.6. The maximum atomic E-state index is 13.0. The molecular weight excluding hydrogens is 368 g/mol. The number of amides is 2. The number of thiophene rings is 1. The van der Waals surface area contributed by atoms with Crippen LogP contribution in [0.2, 0.25) is 0 Å². The summed E-state index contributed by atoms with van der Waals surface area (Å²) in [5.41, 5.74) is 1.79. The predicted molar refractivity (Wildman–Crippen MR) is 115 cm³/mol. The number of likely N-dealkylation sites (tertiary alicyclic amines) is 1. The van der Waals surface area contributed by atoms with E-state index in [1.54, 1.807) is 18.4 Å². The van der Waals surface area contributed by atoms with Gasteiger partial charge in [-0.3, -0.25) is 9.59 Å². The summed E-state index contributed by atoms with van der Waals surface area (Å²) < 4.78 is 0. The van der Waals surface area contributed by atoms with Gasteiger partial charge in [0, 0.05) is 30.9 Å². The maximum absolute atomic E-state index is 13.0. The van der Waals surface area contributed by atoms with Crippen LogP contribution in [-0.4, -0.2) is 36.9 Å². The van der Waals surface area contributed by atoms with Crippen LogP contribution in [0.15, 0.2) is 41.8 Å². The van der Waals surface area contributed by atoms with Crippen LogP contribution in [0.25, 0.3) is 10.4 Å². The molecule has 1 aromatic heterocycles. The third-order valence-electron chi connectivity index (χ3n) is 6.04. The molecule has 28 heavy (non-hydrogen) atoms. The molecule has 1 aromatic carbocycles. The highest BCUT2D eigenvalue weighted by atomic mass is 32.1. The van der Waals surface area contributed by atoms with Crippen LogP contribution in [-0.2, 0) is 16.0 Å². The average molecular weight is 399 g/mol. The summed E-state index contributed by atoms with van der Waals surface area (Å²) in [5, 5.41) is 4.94. The Kier molecular flexibility index (Phi) is 6.55. The quantitative estimate of drug-likeness (QED) is 0.753. The highest BCUT2D eigenvalue weighted by molar-refractivity contribution is 7.13. The summed E-state index contributed by atoms with van der Waals surface area (Å²) >= 11 is 1.71. The zero-order chi connectivity index (χ0) is 20.1. The summed E-state index contributed by atoms with van der Waals surface area (Å²) in [6, 6.07) is 12.5. The van der Waals surface area contributed by atoms with Gasteiger partial charge in [-0.1, -0.05) is 44.2 Å². The lowest BCUT2D eigenvalue weighted by atomic mass is 9.78. The molecule has 0 saturated carbocycles. The number of hydrogen-bond donors (Lipinski definition) is 1. The molecular formula is C23H30N2O2S. The van der Waals surface area contributed by atoms with E-state index in [1.807, 2.05) is 17.0 Å². The highest BCUT2D eigenvalue weighted by Gasteiger charge is 2.46. The highest BCUT2D eigenvalue weighted by Crippen LogP contribution is 2.39. The molecule has 2 aromatic rings. The first-order valence-corrected chi connectivity index (χ1v) is 11.1. The minimum atomic E-state index is -0.566. The van der Waals surface area contributed by atoms with E-state index in [0.29, 0.717) is 25.9 Å². The van der Waals surface area contributed by atoms with Crippen molar-refractivity contribution in [2.24, 2.45) is 11.3 Å². The van der Waals surface area contributed by atoms with Gasteiger partial charge in [0.1, 0.15) is 0 Å². The van der Waals surface area contributed by atoms with Crippen molar-refractivity contribution in [3.05, 3.63) is 47.3 Å². The molecule has 1 atom stereocenters. The number of nitrogens with zero attached hydrogens (tertiary/aromatic N) is 1. The van der Waals surface area contributed by atoms with Crippen molar-refractivity contribution >= 4 is 23.2 Å². The zero-order valence-electron chi connectivity index (χ0n) is 17.0. The smallest absolute Gasteiger partial charge is 0.228 e. The molecule has 5 heteroatoms. The van der Waals surface area contributed by atoms with Gasteiger partial charge in [0.25, 0.3) is 0 Å².